The van der Waals surface area contributed by atoms with Crippen LogP contribution in [0.3, 0.4) is 0 Å². The van der Waals surface area contributed by atoms with Crippen LogP contribution in [-0.2, 0) is 6.54 Å². The minimum Gasteiger partial charge on any atom is -0.360 e. The summed E-state index contributed by atoms with van der Waals surface area (Å²) in [5.41, 5.74) is -0.272. The van der Waals surface area contributed by atoms with Crippen LogP contribution in [0.25, 0.3) is 0 Å². The van der Waals surface area contributed by atoms with E-state index in [4.69, 9.17) is 0 Å². The molecule has 0 atom stereocenters. The summed E-state index contributed by atoms with van der Waals surface area (Å²) in [5.74, 6) is 0. The molecule has 7 heteroatoms. The number of anilines is 1. The third kappa shape index (κ3) is 3.10. The Morgan fingerprint density at radius 3 is 3.12 bits per heavy atom. The van der Waals surface area contributed by atoms with Gasteiger partial charge < -0.3 is 5.32 Å². The van der Waals surface area contributed by atoms with Crippen LogP contribution in [0.5, 0.6) is 0 Å². The zero-order valence-electron chi connectivity index (χ0n) is 9.46. The first-order valence-electron chi connectivity index (χ1n) is 5.37. The fraction of sp³-hybridized carbons (Fsp3) is 0.400. The van der Waals surface area contributed by atoms with E-state index in [2.05, 4.69) is 27.4 Å². The minimum atomic E-state index is -0.272. The van der Waals surface area contributed by atoms with Gasteiger partial charge in [-0.15, -0.1) is 10.2 Å². The molecule has 0 aromatic carbocycles. The summed E-state index contributed by atoms with van der Waals surface area (Å²) in [6.45, 7) is 3.38. The average Bonchev–Trinajstić information content (AvgIpc) is 2.77. The van der Waals surface area contributed by atoms with E-state index in [0.717, 1.165) is 23.1 Å². The molecule has 0 fully saturated rings. The number of nitrogens with one attached hydrogen (secondary N) is 1. The van der Waals surface area contributed by atoms with E-state index < -0.39 is 0 Å². The molecule has 0 aliphatic rings. The lowest BCUT2D eigenvalue weighted by atomic mass is 10.5. The van der Waals surface area contributed by atoms with Crippen molar-refractivity contribution in [2.45, 2.75) is 19.9 Å². The Hall–Kier alpha value is -1.76. The second-order valence-corrected chi connectivity index (χ2v) is 4.52. The first kappa shape index (κ1) is 11.7. The minimum absolute atomic E-state index is 0.272. The van der Waals surface area contributed by atoms with Crippen LogP contribution < -0.4 is 11.0 Å². The molecule has 90 valence electrons. The average molecular weight is 251 g/mol. The first-order chi connectivity index (χ1) is 8.29. The van der Waals surface area contributed by atoms with Crippen molar-refractivity contribution in [3.8, 4) is 0 Å². The molecule has 17 heavy (non-hydrogen) atoms. The van der Waals surface area contributed by atoms with Gasteiger partial charge in [-0.3, -0.25) is 4.57 Å². The van der Waals surface area contributed by atoms with E-state index in [1.54, 1.807) is 12.3 Å². The van der Waals surface area contributed by atoms with Gasteiger partial charge in [-0.2, -0.15) is 0 Å². The maximum atomic E-state index is 11.4. The van der Waals surface area contributed by atoms with Crippen LogP contribution in [0.2, 0.25) is 0 Å². The molecule has 2 aromatic heterocycles. The van der Waals surface area contributed by atoms with Crippen molar-refractivity contribution in [1.29, 1.82) is 0 Å². The molecule has 0 saturated carbocycles. The molecule has 1 N–H and O–H groups in total. The van der Waals surface area contributed by atoms with Gasteiger partial charge in [-0.1, -0.05) is 18.3 Å². The molecule has 0 saturated heterocycles. The van der Waals surface area contributed by atoms with Crippen molar-refractivity contribution in [2.24, 2.45) is 0 Å². The summed E-state index contributed by atoms with van der Waals surface area (Å²) in [4.78, 5) is 15.1. The maximum Gasteiger partial charge on any atom is 0.347 e. The highest BCUT2D eigenvalue weighted by Gasteiger charge is 2.05. The standard InChI is InChI=1S/C10H13N5OS/c1-2-4-11-9-14-13-8(17-9)7-15-6-3-5-12-10(15)16/h3,5-6H,2,4,7H2,1H3,(H,11,14). The second-order valence-electron chi connectivity index (χ2n) is 3.46. The third-order valence-corrected chi connectivity index (χ3v) is 2.95. The molecule has 6 nitrogen and oxygen atoms in total. The van der Waals surface area contributed by atoms with Gasteiger partial charge in [0.1, 0.15) is 5.01 Å². The van der Waals surface area contributed by atoms with Gasteiger partial charge in [0.2, 0.25) is 5.13 Å². The van der Waals surface area contributed by atoms with Gasteiger partial charge in [-0.25, -0.2) is 9.78 Å². The van der Waals surface area contributed by atoms with Crippen LogP contribution in [0, 0.1) is 0 Å². The SMILES string of the molecule is CCCNc1nnc(Cn2cccnc2=O)s1. The van der Waals surface area contributed by atoms with Crippen molar-refractivity contribution in [1.82, 2.24) is 19.7 Å². The zero-order chi connectivity index (χ0) is 12.1. The van der Waals surface area contributed by atoms with Crippen LogP contribution >= 0.6 is 11.3 Å². The monoisotopic (exact) mass is 251 g/mol. The Balaban J connectivity index is 2.07. The Kier molecular flexibility index (Phi) is 3.81. The quantitative estimate of drug-likeness (QED) is 0.857. The number of hydrogen-bond acceptors (Lipinski definition) is 6. The summed E-state index contributed by atoms with van der Waals surface area (Å²) < 4.78 is 1.50. The Morgan fingerprint density at radius 2 is 2.35 bits per heavy atom. The highest BCUT2D eigenvalue weighted by atomic mass is 32.1. The molecule has 0 unspecified atom stereocenters. The van der Waals surface area contributed by atoms with Gasteiger partial charge in [0.25, 0.3) is 0 Å². The molecular formula is C10H13N5OS. The van der Waals surface area contributed by atoms with E-state index in [9.17, 15) is 4.79 Å². The van der Waals surface area contributed by atoms with Crippen LogP contribution in [0.15, 0.2) is 23.3 Å². The van der Waals surface area contributed by atoms with Gasteiger partial charge in [0.05, 0.1) is 6.54 Å². The fourth-order valence-corrected chi connectivity index (χ4v) is 2.04. The van der Waals surface area contributed by atoms with Crippen LogP contribution in [0.1, 0.15) is 18.4 Å². The van der Waals surface area contributed by atoms with Gasteiger partial charge in [0, 0.05) is 18.9 Å². The maximum absolute atomic E-state index is 11.4. The molecule has 0 spiro atoms. The van der Waals surface area contributed by atoms with E-state index in [1.807, 2.05) is 0 Å². The molecule has 2 rings (SSSR count). The normalized spacial score (nSPS) is 10.4. The third-order valence-electron chi connectivity index (χ3n) is 2.08. The van der Waals surface area contributed by atoms with Crippen LogP contribution in [-0.4, -0.2) is 26.3 Å². The molecule has 0 bridgehead atoms. The molecule has 0 amide bonds. The molecule has 0 aliphatic carbocycles. The summed E-state index contributed by atoms with van der Waals surface area (Å²) in [7, 11) is 0. The second kappa shape index (κ2) is 5.53. The summed E-state index contributed by atoms with van der Waals surface area (Å²) in [6, 6.07) is 1.72. The van der Waals surface area contributed by atoms with Crippen molar-refractivity contribution in [3.63, 3.8) is 0 Å². The smallest absolute Gasteiger partial charge is 0.347 e. The molecule has 2 heterocycles. The molecular weight excluding hydrogens is 238 g/mol. The molecule has 2 aromatic rings. The highest BCUT2D eigenvalue weighted by Crippen LogP contribution is 2.15. The fourth-order valence-electron chi connectivity index (χ4n) is 1.27. The van der Waals surface area contributed by atoms with E-state index >= 15 is 0 Å². The lowest BCUT2D eigenvalue weighted by Gasteiger charge is -1.99. The number of aromatic nitrogens is 4. The summed E-state index contributed by atoms with van der Waals surface area (Å²) in [5, 5.41) is 12.8. The van der Waals surface area contributed by atoms with E-state index in [0.29, 0.717) is 6.54 Å². The van der Waals surface area contributed by atoms with Gasteiger partial charge >= 0.3 is 5.69 Å². The number of hydrogen-bond donors (Lipinski definition) is 1. The topological polar surface area (TPSA) is 72.7 Å². The highest BCUT2D eigenvalue weighted by molar-refractivity contribution is 7.15. The number of rotatable bonds is 5. The lowest BCUT2D eigenvalue weighted by molar-refractivity contribution is 0.715. The Bertz CT molecular complexity index is 535. The summed E-state index contributed by atoms with van der Waals surface area (Å²) >= 11 is 1.46. The Labute approximate surface area is 102 Å². The molecule has 0 radical (unpaired) electrons. The van der Waals surface area contributed by atoms with Crippen molar-refractivity contribution in [2.75, 3.05) is 11.9 Å². The first-order valence-corrected chi connectivity index (χ1v) is 6.19. The van der Waals surface area contributed by atoms with Crippen molar-refractivity contribution >= 4 is 16.5 Å². The zero-order valence-corrected chi connectivity index (χ0v) is 10.3. The van der Waals surface area contributed by atoms with E-state index in [-0.39, 0.29) is 5.69 Å². The number of nitrogens with zero attached hydrogens (tertiary/aromatic N) is 4. The largest absolute Gasteiger partial charge is 0.360 e. The van der Waals surface area contributed by atoms with Gasteiger partial charge in [0.15, 0.2) is 0 Å². The van der Waals surface area contributed by atoms with Gasteiger partial charge in [-0.05, 0) is 12.5 Å². The summed E-state index contributed by atoms with van der Waals surface area (Å²) in [6.07, 6.45) is 4.21. The Morgan fingerprint density at radius 1 is 1.47 bits per heavy atom. The van der Waals surface area contributed by atoms with Crippen molar-refractivity contribution in [3.05, 3.63) is 34.0 Å². The van der Waals surface area contributed by atoms with Crippen LogP contribution in [0.4, 0.5) is 5.13 Å². The van der Waals surface area contributed by atoms with Crippen molar-refractivity contribution < 1.29 is 0 Å². The lowest BCUT2D eigenvalue weighted by Crippen LogP contribution is -2.21. The predicted octanol–water partition coefficient (Wildman–Crippen LogP) is 0.965. The molecule has 0 aliphatic heterocycles. The predicted molar refractivity (Wildman–Crippen MR) is 66.3 cm³/mol. The van der Waals surface area contributed by atoms with E-state index in [1.165, 1.54) is 22.1 Å².